The molecular weight excluding hydrogens is 612 g/mol. The van der Waals surface area contributed by atoms with E-state index >= 15 is 4.39 Å². The highest BCUT2D eigenvalue weighted by Crippen LogP contribution is 2.29. The molecule has 0 heterocycles. The van der Waals surface area contributed by atoms with Gasteiger partial charge in [0.2, 0.25) is 11.8 Å². The number of nitrogens with one attached hydrogen (secondary N) is 1. The fourth-order valence-electron chi connectivity index (χ4n) is 5.30. The molecule has 0 spiro atoms. The second kappa shape index (κ2) is 14.6. The molecule has 1 aliphatic carbocycles. The fraction of sp³-hybridized carbons (Fsp3) is 0.375. The van der Waals surface area contributed by atoms with Gasteiger partial charge >= 0.3 is 0 Å². The van der Waals surface area contributed by atoms with Crippen LogP contribution in [0, 0.1) is 12.7 Å². The standard InChI is InChI=1S/C32H36Cl2FN3O4S/c1-3-29(32(40)36-25-9-5-4-6-10-25)37(20-23-15-16-24(33)19-27(23)34)31(39)21-38(30-12-8-7-11-28(30)35)43(41,42)26-17-13-22(2)14-18-26/h7-8,11-19,25,29H,3-6,9-10,20-21H2,1-2H3,(H,36,40)/t29-/m1/s1. The number of hydrogen-bond donors (Lipinski definition) is 1. The summed E-state index contributed by atoms with van der Waals surface area (Å²) in [5.74, 6) is -1.82. The van der Waals surface area contributed by atoms with E-state index in [1.807, 2.05) is 6.92 Å². The Morgan fingerprint density at radius 2 is 1.67 bits per heavy atom. The summed E-state index contributed by atoms with van der Waals surface area (Å²) in [5.41, 5.74) is 1.09. The van der Waals surface area contributed by atoms with Crippen molar-refractivity contribution in [2.24, 2.45) is 0 Å². The van der Waals surface area contributed by atoms with E-state index in [1.54, 1.807) is 31.2 Å². The molecule has 1 N–H and O–H groups in total. The third-order valence-electron chi connectivity index (χ3n) is 7.70. The van der Waals surface area contributed by atoms with Crippen LogP contribution in [-0.2, 0) is 26.2 Å². The minimum absolute atomic E-state index is 0.00296. The summed E-state index contributed by atoms with van der Waals surface area (Å²) in [6.45, 7) is 2.78. The topological polar surface area (TPSA) is 86.8 Å². The Labute approximate surface area is 263 Å². The maximum Gasteiger partial charge on any atom is 0.264 e. The summed E-state index contributed by atoms with van der Waals surface area (Å²) >= 11 is 12.6. The van der Waals surface area contributed by atoms with Crippen molar-refractivity contribution in [2.75, 3.05) is 10.8 Å². The number of carbonyl (C=O) groups is 2. The highest BCUT2D eigenvalue weighted by atomic mass is 35.5. The number of rotatable bonds is 11. The molecule has 11 heteroatoms. The average molecular weight is 649 g/mol. The zero-order chi connectivity index (χ0) is 31.1. The number of para-hydroxylation sites is 1. The van der Waals surface area contributed by atoms with Gasteiger partial charge in [0.25, 0.3) is 10.0 Å². The summed E-state index contributed by atoms with van der Waals surface area (Å²) < 4.78 is 43.7. The van der Waals surface area contributed by atoms with Crippen molar-refractivity contribution in [3.05, 3.63) is 93.7 Å². The molecule has 0 aliphatic heterocycles. The highest BCUT2D eigenvalue weighted by molar-refractivity contribution is 7.92. The van der Waals surface area contributed by atoms with Crippen LogP contribution in [0.15, 0.2) is 71.6 Å². The van der Waals surface area contributed by atoms with Crippen molar-refractivity contribution in [1.82, 2.24) is 10.2 Å². The van der Waals surface area contributed by atoms with E-state index in [0.717, 1.165) is 48.0 Å². The molecule has 1 atom stereocenters. The molecule has 0 bridgehead atoms. The van der Waals surface area contributed by atoms with E-state index in [1.165, 1.54) is 41.3 Å². The van der Waals surface area contributed by atoms with Gasteiger partial charge in [-0.2, -0.15) is 0 Å². The molecule has 3 aromatic carbocycles. The van der Waals surface area contributed by atoms with Crippen LogP contribution in [0.3, 0.4) is 0 Å². The maximum atomic E-state index is 15.1. The zero-order valence-corrected chi connectivity index (χ0v) is 26.6. The van der Waals surface area contributed by atoms with Gasteiger partial charge in [-0.05, 0) is 68.1 Å². The van der Waals surface area contributed by atoms with Crippen LogP contribution < -0.4 is 9.62 Å². The summed E-state index contributed by atoms with van der Waals surface area (Å²) in [6.07, 6.45) is 5.12. The number of nitrogens with zero attached hydrogens (tertiary/aromatic N) is 2. The Morgan fingerprint density at radius 1 is 1.00 bits per heavy atom. The monoisotopic (exact) mass is 647 g/mol. The predicted molar refractivity (Wildman–Crippen MR) is 168 cm³/mol. The molecule has 0 unspecified atom stereocenters. The van der Waals surface area contributed by atoms with Crippen molar-refractivity contribution in [2.45, 2.75) is 75.9 Å². The van der Waals surface area contributed by atoms with E-state index in [-0.39, 0.29) is 35.5 Å². The Hall–Kier alpha value is -3.14. The third-order valence-corrected chi connectivity index (χ3v) is 10.1. The van der Waals surface area contributed by atoms with Gasteiger partial charge in [0.15, 0.2) is 0 Å². The second-order valence-electron chi connectivity index (χ2n) is 10.8. The average Bonchev–Trinajstić information content (AvgIpc) is 2.98. The predicted octanol–water partition coefficient (Wildman–Crippen LogP) is 6.89. The first-order valence-corrected chi connectivity index (χ1v) is 16.6. The first-order chi connectivity index (χ1) is 20.5. The number of amides is 2. The number of aryl methyl sites for hydroxylation is 1. The van der Waals surface area contributed by atoms with Crippen molar-refractivity contribution in [3.8, 4) is 0 Å². The molecule has 7 nitrogen and oxygen atoms in total. The largest absolute Gasteiger partial charge is 0.352 e. The first kappa shape index (κ1) is 32.8. The Balaban J connectivity index is 1.73. The van der Waals surface area contributed by atoms with E-state index in [9.17, 15) is 18.0 Å². The lowest BCUT2D eigenvalue weighted by Gasteiger charge is -2.34. The van der Waals surface area contributed by atoms with Gasteiger partial charge in [-0.15, -0.1) is 0 Å². The number of benzene rings is 3. The lowest BCUT2D eigenvalue weighted by Crippen LogP contribution is -2.54. The number of hydrogen-bond acceptors (Lipinski definition) is 4. The second-order valence-corrected chi connectivity index (χ2v) is 13.5. The molecule has 0 saturated heterocycles. The quantitative estimate of drug-likeness (QED) is 0.245. The van der Waals surface area contributed by atoms with E-state index in [4.69, 9.17) is 23.2 Å². The first-order valence-electron chi connectivity index (χ1n) is 14.4. The lowest BCUT2D eigenvalue weighted by atomic mass is 9.95. The molecule has 1 saturated carbocycles. The number of anilines is 1. The van der Waals surface area contributed by atoms with Gasteiger partial charge in [0.1, 0.15) is 18.4 Å². The molecule has 0 radical (unpaired) electrons. The fourth-order valence-corrected chi connectivity index (χ4v) is 7.19. The number of sulfonamides is 1. The molecule has 1 aliphatic rings. The normalized spacial score (nSPS) is 14.6. The lowest BCUT2D eigenvalue weighted by molar-refractivity contribution is -0.140. The van der Waals surface area contributed by atoms with Crippen molar-refractivity contribution in [3.63, 3.8) is 0 Å². The van der Waals surface area contributed by atoms with Gasteiger partial charge in [0.05, 0.1) is 10.6 Å². The molecule has 43 heavy (non-hydrogen) atoms. The summed E-state index contributed by atoms with van der Waals surface area (Å²) in [5, 5.41) is 3.79. The van der Waals surface area contributed by atoms with Crippen LogP contribution >= 0.6 is 23.2 Å². The number of carbonyl (C=O) groups excluding carboxylic acids is 2. The zero-order valence-electron chi connectivity index (χ0n) is 24.2. The summed E-state index contributed by atoms with van der Waals surface area (Å²) in [6, 6.07) is 15.4. The highest BCUT2D eigenvalue weighted by Gasteiger charge is 2.35. The molecule has 230 valence electrons. The van der Waals surface area contributed by atoms with Crippen molar-refractivity contribution in [1.29, 1.82) is 0 Å². The Morgan fingerprint density at radius 3 is 2.30 bits per heavy atom. The maximum absolute atomic E-state index is 15.1. The van der Waals surface area contributed by atoms with Crippen LogP contribution in [-0.4, -0.2) is 43.8 Å². The minimum atomic E-state index is -4.38. The summed E-state index contributed by atoms with van der Waals surface area (Å²) in [4.78, 5) is 29.1. The summed E-state index contributed by atoms with van der Waals surface area (Å²) in [7, 11) is -4.38. The van der Waals surface area contributed by atoms with Crippen LogP contribution in [0.1, 0.15) is 56.6 Å². The van der Waals surface area contributed by atoms with E-state index < -0.39 is 34.3 Å². The molecule has 3 aromatic rings. The van der Waals surface area contributed by atoms with Gasteiger partial charge in [-0.3, -0.25) is 13.9 Å². The third kappa shape index (κ3) is 8.08. The van der Waals surface area contributed by atoms with E-state index in [2.05, 4.69) is 5.32 Å². The molecule has 0 aromatic heterocycles. The molecule has 2 amide bonds. The minimum Gasteiger partial charge on any atom is -0.352 e. The van der Waals surface area contributed by atoms with Crippen LogP contribution in [0.5, 0.6) is 0 Å². The van der Waals surface area contributed by atoms with Crippen molar-refractivity contribution >= 4 is 50.7 Å². The molecule has 1 fully saturated rings. The van der Waals surface area contributed by atoms with Crippen LogP contribution in [0.4, 0.5) is 10.1 Å². The van der Waals surface area contributed by atoms with Crippen LogP contribution in [0.2, 0.25) is 10.0 Å². The molecular formula is C32H36Cl2FN3O4S. The number of halogens is 3. The van der Waals surface area contributed by atoms with Crippen molar-refractivity contribution < 1.29 is 22.4 Å². The van der Waals surface area contributed by atoms with Gasteiger partial charge < -0.3 is 10.2 Å². The van der Waals surface area contributed by atoms with Gasteiger partial charge in [-0.25, -0.2) is 12.8 Å². The SMILES string of the molecule is CC[C@H](C(=O)NC1CCCCC1)N(Cc1ccc(Cl)cc1Cl)C(=O)CN(c1ccccc1F)S(=O)(=O)c1ccc(C)cc1. The van der Waals surface area contributed by atoms with E-state index in [0.29, 0.717) is 15.6 Å². The Bertz CT molecular complexity index is 1550. The van der Waals surface area contributed by atoms with Gasteiger partial charge in [0, 0.05) is 22.6 Å². The van der Waals surface area contributed by atoms with Crippen LogP contribution in [0.25, 0.3) is 0 Å². The smallest absolute Gasteiger partial charge is 0.264 e. The van der Waals surface area contributed by atoms with Gasteiger partial charge in [-0.1, -0.05) is 85.3 Å². The molecule has 4 rings (SSSR count). The Kier molecular flexibility index (Phi) is 11.1.